The molecule has 2 rings (SSSR count). The van der Waals surface area contributed by atoms with Crippen molar-refractivity contribution in [3.05, 3.63) is 18.3 Å². The molecule has 2 N–H and O–H groups in total. The van der Waals surface area contributed by atoms with Crippen LogP contribution in [0.25, 0.3) is 0 Å². The number of carbonyl (C=O) groups is 1. The van der Waals surface area contributed by atoms with Crippen molar-refractivity contribution in [2.45, 2.75) is 58.1 Å². The van der Waals surface area contributed by atoms with Gasteiger partial charge in [0.1, 0.15) is 0 Å². The van der Waals surface area contributed by atoms with E-state index in [9.17, 15) is 4.79 Å². The molecule has 0 unspecified atom stereocenters. The van der Waals surface area contributed by atoms with E-state index < -0.39 is 0 Å². The molecule has 0 atom stereocenters. The molecule has 1 saturated carbocycles. The van der Waals surface area contributed by atoms with Gasteiger partial charge in [-0.25, -0.2) is 9.36 Å². The standard InChI is InChI=1S/C16H24N2O3.BrH/c1-2-20-15(19)12-18-11-7-10-14(16(18)17)21-13-8-5-3-4-6-9-13;/h7,10-11,13,17H,2-6,8-9,12H2,1H3;1H. The van der Waals surface area contributed by atoms with Crippen LogP contribution in [-0.2, 0) is 16.1 Å². The van der Waals surface area contributed by atoms with Gasteiger partial charge in [0.2, 0.25) is 5.75 Å². The number of nitrogen functional groups attached to an aromatic ring is 1. The lowest BCUT2D eigenvalue weighted by atomic mass is 10.1. The molecule has 0 amide bonds. The minimum atomic E-state index is -0.291. The zero-order chi connectivity index (χ0) is 15.1. The fourth-order valence-electron chi connectivity index (χ4n) is 2.66. The molecule has 0 aliphatic heterocycles. The number of hydrogen-bond donors (Lipinski definition) is 1. The van der Waals surface area contributed by atoms with Gasteiger partial charge in [0.15, 0.2) is 6.54 Å². The molecule has 1 aromatic heterocycles. The van der Waals surface area contributed by atoms with Gasteiger partial charge in [-0.2, -0.15) is 0 Å². The predicted octanol–water partition coefficient (Wildman–Crippen LogP) is -0.775. The fraction of sp³-hybridized carbons (Fsp3) is 0.625. The molecule has 1 aliphatic rings. The van der Waals surface area contributed by atoms with E-state index in [1.807, 2.05) is 12.1 Å². The lowest BCUT2D eigenvalue weighted by Gasteiger charge is -2.17. The van der Waals surface area contributed by atoms with Crippen molar-refractivity contribution < 1.29 is 35.8 Å². The zero-order valence-corrected chi connectivity index (χ0v) is 14.7. The first kappa shape index (κ1) is 18.7. The Morgan fingerprint density at radius 3 is 2.64 bits per heavy atom. The Kier molecular flexibility index (Phi) is 8.24. The lowest BCUT2D eigenvalue weighted by Crippen LogP contribution is -3.00. The first-order valence-corrected chi connectivity index (χ1v) is 7.81. The molecule has 0 saturated heterocycles. The number of ether oxygens (including phenoxy) is 2. The van der Waals surface area contributed by atoms with Crippen molar-refractivity contribution in [3.8, 4) is 5.75 Å². The maximum Gasteiger partial charge on any atom is 0.348 e. The maximum atomic E-state index is 11.6. The van der Waals surface area contributed by atoms with Crippen LogP contribution < -0.4 is 32.0 Å². The Balaban J connectivity index is 0.00000242. The second-order valence-electron chi connectivity index (χ2n) is 5.42. The minimum Gasteiger partial charge on any atom is -1.00 e. The van der Waals surface area contributed by atoms with E-state index in [4.69, 9.17) is 15.2 Å². The number of pyridine rings is 1. The number of nitrogens with zero attached hydrogens (tertiary/aromatic N) is 1. The van der Waals surface area contributed by atoms with Gasteiger partial charge < -0.3 is 26.5 Å². The molecule has 0 spiro atoms. The third-order valence-corrected chi connectivity index (χ3v) is 3.78. The molecule has 22 heavy (non-hydrogen) atoms. The van der Waals surface area contributed by atoms with E-state index >= 15 is 0 Å². The number of aromatic nitrogens is 1. The molecule has 5 nitrogen and oxygen atoms in total. The largest absolute Gasteiger partial charge is 1.00 e. The van der Waals surface area contributed by atoms with Crippen molar-refractivity contribution in [1.29, 1.82) is 0 Å². The number of nitrogens with two attached hydrogens (primary N) is 1. The van der Waals surface area contributed by atoms with Crippen molar-refractivity contribution in [2.24, 2.45) is 0 Å². The minimum absolute atomic E-state index is 0. The van der Waals surface area contributed by atoms with E-state index in [1.165, 1.54) is 25.7 Å². The second-order valence-corrected chi connectivity index (χ2v) is 5.42. The van der Waals surface area contributed by atoms with E-state index in [-0.39, 0.29) is 35.6 Å². The molecule has 1 aromatic rings. The van der Waals surface area contributed by atoms with Crippen LogP contribution >= 0.6 is 0 Å². The number of anilines is 1. The summed E-state index contributed by atoms with van der Waals surface area (Å²) in [6.07, 6.45) is 9.14. The number of carbonyl (C=O) groups excluding carboxylic acids is 1. The van der Waals surface area contributed by atoms with Crippen LogP contribution in [0.4, 0.5) is 5.82 Å². The van der Waals surface area contributed by atoms with Crippen LogP contribution in [0.2, 0.25) is 0 Å². The van der Waals surface area contributed by atoms with E-state index in [2.05, 4.69) is 0 Å². The van der Waals surface area contributed by atoms with Gasteiger partial charge in [-0.1, -0.05) is 12.8 Å². The quantitative estimate of drug-likeness (QED) is 0.418. The van der Waals surface area contributed by atoms with Gasteiger partial charge in [-0.15, -0.1) is 0 Å². The molecule has 0 bridgehead atoms. The van der Waals surface area contributed by atoms with E-state index in [0.717, 1.165) is 12.8 Å². The van der Waals surface area contributed by atoms with Crippen LogP contribution in [0, 0.1) is 0 Å². The van der Waals surface area contributed by atoms with Gasteiger partial charge in [0.25, 0.3) is 0 Å². The third kappa shape index (κ3) is 5.48. The van der Waals surface area contributed by atoms with Crippen LogP contribution in [-0.4, -0.2) is 18.7 Å². The first-order chi connectivity index (χ1) is 10.2. The number of hydrogen-bond acceptors (Lipinski definition) is 4. The Hall–Kier alpha value is -1.30. The van der Waals surface area contributed by atoms with Crippen LogP contribution in [0.1, 0.15) is 45.4 Å². The Morgan fingerprint density at radius 1 is 1.32 bits per heavy atom. The monoisotopic (exact) mass is 372 g/mol. The Bertz CT molecular complexity index is 474. The smallest absolute Gasteiger partial charge is 0.348 e. The predicted molar refractivity (Wildman–Crippen MR) is 79.8 cm³/mol. The van der Waals surface area contributed by atoms with Crippen molar-refractivity contribution in [2.75, 3.05) is 12.3 Å². The molecule has 6 heteroatoms. The highest BCUT2D eigenvalue weighted by Gasteiger charge is 2.20. The van der Waals surface area contributed by atoms with Crippen LogP contribution in [0.15, 0.2) is 18.3 Å². The summed E-state index contributed by atoms with van der Waals surface area (Å²) in [7, 11) is 0. The topological polar surface area (TPSA) is 65.4 Å². The number of halogens is 1. The molecule has 0 aromatic carbocycles. The average molecular weight is 373 g/mol. The molecule has 0 radical (unpaired) electrons. The molecular weight excluding hydrogens is 348 g/mol. The molecule has 1 fully saturated rings. The highest BCUT2D eigenvalue weighted by atomic mass is 79.9. The molecule has 1 aliphatic carbocycles. The summed E-state index contributed by atoms with van der Waals surface area (Å²) < 4.78 is 12.7. The fourth-order valence-corrected chi connectivity index (χ4v) is 2.66. The van der Waals surface area contributed by atoms with Gasteiger partial charge in [0.05, 0.1) is 18.9 Å². The maximum absolute atomic E-state index is 11.6. The van der Waals surface area contributed by atoms with E-state index in [1.54, 1.807) is 17.7 Å². The molecule has 1 heterocycles. The molecule has 124 valence electrons. The summed E-state index contributed by atoms with van der Waals surface area (Å²) in [6.45, 7) is 2.27. The van der Waals surface area contributed by atoms with Gasteiger partial charge in [-0.3, -0.25) is 5.73 Å². The van der Waals surface area contributed by atoms with Crippen molar-refractivity contribution >= 4 is 11.8 Å². The Labute approximate surface area is 142 Å². The van der Waals surface area contributed by atoms with Gasteiger partial charge >= 0.3 is 11.8 Å². The Morgan fingerprint density at radius 2 is 2.00 bits per heavy atom. The summed E-state index contributed by atoms with van der Waals surface area (Å²) in [6, 6.07) is 3.71. The third-order valence-electron chi connectivity index (χ3n) is 3.78. The van der Waals surface area contributed by atoms with Gasteiger partial charge in [-0.05, 0) is 44.7 Å². The van der Waals surface area contributed by atoms with Gasteiger partial charge in [0, 0.05) is 0 Å². The van der Waals surface area contributed by atoms with Crippen molar-refractivity contribution in [3.63, 3.8) is 0 Å². The molecular formula is C16H25BrN2O3. The highest BCUT2D eigenvalue weighted by molar-refractivity contribution is 5.67. The second kappa shape index (κ2) is 9.66. The highest BCUT2D eigenvalue weighted by Crippen LogP contribution is 2.24. The lowest BCUT2D eigenvalue weighted by molar-refractivity contribution is -0.672. The number of esters is 1. The summed E-state index contributed by atoms with van der Waals surface area (Å²) in [4.78, 5) is 11.6. The average Bonchev–Trinajstić information content (AvgIpc) is 2.72. The zero-order valence-electron chi connectivity index (χ0n) is 13.1. The van der Waals surface area contributed by atoms with Crippen LogP contribution in [0.5, 0.6) is 5.75 Å². The summed E-state index contributed by atoms with van der Waals surface area (Å²) in [5, 5.41) is 0. The summed E-state index contributed by atoms with van der Waals surface area (Å²) in [5.41, 5.74) is 6.11. The normalized spacial score (nSPS) is 15.5. The summed E-state index contributed by atoms with van der Waals surface area (Å²) >= 11 is 0. The van der Waals surface area contributed by atoms with Crippen LogP contribution in [0.3, 0.4) is 0 Å². The number of rotatable bonds is 5. The van der Waals surface area contributed by atoms with Crippen molar-refractivity contribution in [1.82, 2.24) is 0 Å². The first-order valence-electron chi connectivity index (χ1n) is 7.81. The summed E-state index contributed by atoms with van der Waals surface area (Å²) in [5.74, 6) is 0.851. The van der Waals surface area contributed by atoms with E-state index in [0.29, 0.717) is 18.2 Å². The SMILES string of the molecule is CCOC(=O)C[n+]1cccc(OC2CCCCCC2)c1N.[Br-].